The fraction of sp³-hybridized carbons (Fsp3) is 0.375. The second-order valence-corrected chi connectivity index (χ2v) is 5.24. The lowest BCUT2D eigenvalue weighted by molar-refractivity contribution is -0.114. The number of aliphatic hydroxyl groups excluding tert-OH is 2. The molecule has 1 atom stereocenters. The molecule has 0 heterocycles. The highest BCUT2D eigenvalue weighted by Gasteiger charge is 2.34. The summed E-state index contributed by atoms with van der Waals surface area (Å²) in [6.45, 7) is 5.55. The molecule has 0 radical (unpaired) electrons. The van der Waals surface area contributed by atoms with E-state index in [9.17, 15) is 9.90 Å². The first kappa shape index (κ1) is 14.5. The highest BCUT2D eigenvalue weighted by molar-refractivity contribution is 6.28. The molecule has 1 aromatic rings. The van der Waals surface area contributed by atoms with E-state index < -0.39 is 5.92 Å². The molecule has 2 N–H and O–H groups in total. The summed E-state index contributed by atoms with van der Waals surface area (Å²) in [6.07, 6.45) is 1.68. The van der Waals surface area contributed by atoms with E-state index in [1.54, 1.807) is 0 Å². The normalized spacial score (nSPS) is 19.4. The van der Waals surface area contributed by atoms with Crippen LogP contribution in [-0.2, 0) is 4.79 Å². The molecule has 106 valence electrons. The number of Topliss-reactive ketones (excluding diaryl/α,β-unsaturated/α-hetero) is 1. The molecule has 0 amide bonds. The summed E-state index contributed by atoms with van der Waals surface area (Å²) in [5.41, 5.74) is 4.31. The van der Waals surface area contributed by atoms with Crippen LogP contribution in [0.2, 0.25) is 0 Å². The number of hydrogen-bond donors (Lipinski definition) is 2. The number of aliphatic hydroxyl groups is 2. The maximum atomic E-state index is 12.4. The van der Waals surface area contributed by atoms with Crippen molar-refractivity contribution in [2.24, 2.45) is 10.9 Å². The zero-order valence-electron chi connectivity index (χ0n) is 12.0. The van der Waals surface area contributed by atoms with Crippen molar-refractivity contribution >= 4 is 17.6 Å². The van der Waals surface area contributed by atoms with E-state index in [-0.39, 0.29) is 24.7 Å². The summed E-state index contributed by atoms with van der Waals surface area (Å²) in [7, 11) is 0. The van der Waals surface area contributed by atoms with Crippen LogP contribution in [0.3, 0.4) is 0 Å². The SMILES string of the molecule is Cc1cc(C)c(C2=C(O)CC(/C=N/CO)C2=O)c(C)c1. The Morgan fingerprint density at radius 2 is 1.90 bits per heavy atom. The van der Waals surface area contributed by atoms with Crippen molar-refractivity contribution in [2.45, 2.75) is 27.2 Å². The van der Waals surface area contributed by atoms with E-state index in [4.69, 9.17) is 5.11 Å². The minimum atomic E-state index is -0.475. The van der Waals surface area contributed by atoms with E-state index in [0.29, 0.717) is 5.57 Å². The van der Waals surface area contributed by atoms with Crippen LogP contribution in [0.5, 0.6) is 0 Å². The maximum absolute atomic E-state index is 12.4. The van der Waals surface area contributed by atoms with Crippen molar-refractivity contribution < 1.29 is 15.0 Å². The number of aliphatic imine (C=N–C) groups is 1. The van der Waals surface area contributed by atoms with Gasteiger partial charge in [-0.2, -0.15) is 0 Å². The zero-order chi connectivity index (χ0) is 14.9. The highest BCUT2D eigenvalue weighted by atomic mass is 16.3. The van der Waals surface area contributed by atoms with Gasteiger partial charge in [0, 0.05) is 12.6 Å². The van der Waals surface area contributed by atoms with Crippen molar-refractivity contribution in [1.82, 2.24) is 0 Å². The van der Waals surface area contributed by atoms with Crippen LogP contribution in [0.15, 0.2) is 22.9 Å². The Kier molecular flexibility index (Phi) is 4.04. The molecule has 2 rings (SSSR count). The first-order chi connectivity index (χ1) is 9.45. The molecule has 0 aromatic heterocycles. The van der Waals surface area contributed by atoms with Crippen molar-refractivity contribution in [1.29, 1.82) is 0 Å². The largest absolute Gasteiger partial charge is 0.512 e. The summed E-state index contributed by atoms with van der Waals surface area (Å²) in [6, 6.07) is 4.01. The van der Waals surface area contributed by atoms with Gasteiger partial charge < -0.3 is 10.2 Å². The van der Waals surface area contributed by atoms with E-state index in [1.165, 1.54) is 6.21 Å². The summed E-state index contributed by atoms with van der Waals surface area (Å²) >= 11 is 0. The second-order valence-electron chi connectivity index (χ2n) is 5.24. The number of carbonyl (C=O) groups is 1. The number of carbonyl (C=O) groups excluding carboxylic acids is 1. The Morgan fingerprint density at radius 1 is 1.30 bits per heavy atom. The molecule has 0 saturated carbocycles. The van der Waals surface area contributed by atoms with Crippen LogP contribution in [0, 0.1) is 26.7 Å². The van der Waals surface area contributed by atoms with Gasteiger partial charge in [0.05, 0.1) is 11.5 Å². The first-order valence-electron chi connectivity index (χ1n) is 6.61. The monoisotopic (exact) mass is 273 g/mol. The lowest BCUT2D eigenvalue weighted by Gasteiger charge is -2.12. The van der Waals surface area contributed by atoms with Gasteiger partial charge in [-0.25, -0.2) is 0 Å². The fourth-order valence-corrected chi connectivity index (χ4v) is 2.87. The summed E-state index contributed by atoms with van der Waals surface area (Å²) in [5.74, 6) is -0.494. The predicted octanol–water partition coefficient (Wildman–Crippen LogP) is 2.49. The Balaban J connectivity index is 2.46. The van der Waals surface area contributed by atoms with Gasteiger partial charge in [-0.05, 0) is 37.5 Å². The van der Waals surface area contributed by atoms with Gasteiger partial charge in [0.2, 0.25) is 0 Å². The van der Waals surface area contributed by atoms with E-state index in [1.807, 2.05) is 32.9 Å². The third-order valence-corrected chi connectivity index (χ3v) is 3.58. The molecule has 0 fully saturated rings. The maximum Gasteiger partial charge on any atom is 0.175 e. The summed E-state index contributed by atoms with van der Waals surface area (Å²) in [4.78, 5) is 16.1. The molecule has 4 heteroatoms. The predicted molar refractivity (Wildman–Crippen MR) is 78.9 cm³/mol. The van der Waals surface area contributed by atoms with Crippen molar-refractivity contribution in [3.05, 3.63) is 40.1 Å². The van der Waals surface area contributed by atoms with Crippen LogP contribution in [0.4, 0.5) is 0 Å². The number of allylic oxidation sites excluding steroid dienone is 2. The van der Waals surface area contributed by atoms with E-state index in [0.717, 1.165) is 22.3 Å². The van der Waals surface area contributed by atoms with Gasteiger partial charge in [-0.3, -0.25) is 9.79 Å². The Labute approximate surface area is 118 Å². The molecular formula is C16H19NO3. The number of nitrogens with zero attached hydrogens (tertiary/aromatic N) is 1. The molecule has 1 aliphatic carbocycles. The Bertz CT molecular complexity index is 591. The molecule has 1 unspecified atom stereocenters. The van der Waals surface area contributed by atoms with Gasteiger partial charge in [-0.15, -0.1) is 0 Å². The first-order valence-corrected chi connectivity index (χ1v) is 6.61. The van der Waals surface area contributed by atoms with Crippen LogP contribution >= 0.6 is 0 Å². The van der Waals surface area contributed by atoms with Gasteiger partial charge in [0.1, 0.15) is 12.5 Å². The van der Waals surface area contributed by atoms with Crippen LogP contribution in [-0.4, -0.2) is 28.9 Å². The molecule has 1 aliphatic rings. The average Bonchev–Trinajstić information content (AvgIpc) is 2.63. The Hall–Kier alpha value is -1.94. The van der Waals surface area contributed by atoms with Gasteiger partial charge in [-0.1, -0.05) is 17.7 Å². The van der Waals surface area contributed by atoms with Gasteiger partial charge in [0.25, 0.3) is 0 Å². The lowest BCUT2D eigenvalue weighted by atomic mass is 9.91. The second kappa shape index (κ2) is 5.59. The van der Waals surface area contributed by atoms with E-state index in [2.05, 4.69) is 4.99 Å². The molecule has 0 spiro atoms. The average molecular weight is 273 g/mol. The molecule has 4 nitrogen and oxygen atoms in total. The highest BCUT2D eigenvalue weighted by Crippen LogP contribution is 2.36. The molecular weight excluding hydrogens is 254 g/mol. The minimum Gasteiger partial charge on any atom is -0.512 e. The molecule has 0 saturated heterocycles. The lowest BCUT2D eigenvalue weighted by Crippen LogP contribution is -2.12. The van der Waals surface area contributed by atoms with Crippen LogP contribution in [0.1, 0.15) is 28.7 Å². The minimum absolute atomic E-state index is 0.111. The summed E-state index contributed by atoms with van der Waals surface area (Å²) < 4.78 is 0. The number of hydrogen-bond acceptors (Lipinski definition) is 4. The van der Waals surface area contributed by atoms with Crippen molar-refractivity contribution in [3.8, 4) is 0 Å². The third kappa shape index (κ3) is 2.51. The quantitative estimate of drug-likeness (QED) is 0.831. The van der Waals surface area contributed by atoms with Crippen LogP contribution < -0.4 is 0 Å². The third-order valence-electron chi connectivity index (χ3n) is 3.58. The van der Waals surface area contributed by atoms with Crippen molar-refractivity contribution in [2.75, 3.05) is 6.73 Å². The number of aryl methyl sites for hydroxylation is 3. The number of rotatable bonds is 3. The standard InChI is InChI=1S/C16H19NO3/c1-9-4-10(2)14(11(3)5-9)15-13(19)6-12(16(15)20)7-17-8-18/h4-5,7,12,18-19H,6,8H2,1-3H3/b17-7+. The number of ketones is 1. The smallest absolute Gasteiger partial charge is 0.175 e. The van der Waals surface area contributed by atoms with Crippen molar-refractivity contribution in [3.63, 3.8) is 0 Å². The van der Waals surface area contributed by atoms with Crippen LogP contribution in [0.25, 0.3) is 5.57 Å². The Morgan fingerprint density at radius 3 is 2.45 bits per heavy atom. The topological polar surface area (TPSA) is 69.9 Å². The molecule has 0 aliphatic heterocycles. The van der Waals surface area contributed by atoms with Gasteiger partial charge >= 0.3 is 0 Å². The van der Waals surface area contributed by atoms with Gasteiger partial charge in [0.15, 0.2) is 5.78 Å². The fourth-order valence-electron chi connectivity index (χ4n) is 2.87. The zero-order valence-corrected chi connectivity index (χ0v) is 12.0. The van der Waals surface area contributed by atoms with E-state index >= 15 is 0 Å². The molecule has 0 bridgehead atoms. The summed E-state index contributed by atoms with van der Waals surface area (Å²) in [5, 5.41) is 18.8. The number of benzene rings is 1. The molecule has 20 heavy (non-hydrogen) atoms. The molecule has 1 aromatic carbocycles.